The first kappa shape index (κ1) is 8.18. The fourth-order valence-corrected chi connectivity index (χ4v) is 1.25. The van der Waals surface area contributed by atoms with Crippen LogP contribution in [0.25, 0.3) is 0 Å². The summed E-state index contributed by atoms with van der Waals surface area (Å²) >= 11 is 0. The number of hydrogen-bond acceptors (Lipinski definition) is 4. The lowest BCUT2D eigenvalue weighted by Crippen LogP contribution is -2.43. The Balaban J connectivity index is 2.00. The third-order valence-corrected chi connectivity index (χ3v) is 2.07. The normalized spacial score (nSPS) is 16.9. The molecule has 1 fully saturated rings. The van der Waals surface area contributed by atoms with Gasteiger partial charge in [0, 0.05) is 6.42 Å². The van der Waals surface area contributed by atoms with E-state index in [1.807, 2.05) is 0 Å². The largest absolute Gasteiger partial charge is 0.475 e. The van der Waals surface area contributed by atoms with Gasteiger partial charge in [0.05, 0.1) is 0 Å². The number of carbonyl (C=O) groups is 1. The fourth-order valence-electron chi connectivity index (χ4n) is 1.25. The van der Waals surface area contributed by atoms with Crippen molar-refractivity contribution in [2.24, 2.45) is 5.92 Å². The maximum absolute atomic E-state index is 10.4. The molecule has 0 radical (unpaired) electrons. The zero-order valence-corrected chi connectivity index (χ0v) is 6.95. The number of aromatic nitrogens is 3. The highest BCUT2D eigenvalue weighted by molar-refractivity contribution is 5.82. The molecule has 6 heteroatoms. The van der Waals surface area contributed by atoms with Gasteiger partial charge in [0.1, 0.15) is 5.82 Å². The Morgan fingerprint density at radius 3 is 2.85 bits per heavy atom. The summed E-state index contributed by atoms with van der Waals surface area (Å²) in [6, 6.07) is 0. The topological polar surface area (TPSA) is 90.9 Å². The minimum absolute atomic E-state index is 0.151. The van der Waals surface area contributed by atoms with Gasteiger partial charge in [-0.2, -0.15) is 0 Å². The second kappa shape index (κ2) is 3.14. The summed E-state index contributed by atoms with van der Waals surface area (Å²) in [6.45, 7) is 1.95. The summed E-state index contributed by atoms with van der Waals surface area (Å²) in [5.41, 5.74) is 0. The smallest absolute Gasteiger partial charge is 0.375 e. The van der Waals surface area contributed by atoms with Gasteiger partial charge in [0.15, 0.2) is 0 Å². The highest BCUT2D eigenvalue weighted by Gasteiger charge is 2.19. The van der Waals surface area contributed by atoms with Crippen molar-refractivity contribution in [1.29, 1.82) is 0 Å². The van der Waals surface area contributed by atoms with Gasteiger partial charge in [0.2, 0.25) is 0 Å². The number of H-pyrrole nitrogens is 1. The zero-order valence-electron chi connectivity index (χ0n) is 6.95. The molecule has 70 valence electrons. The predicted octanol–water partition coefficient (Wildman–Crippen LogP) is -0.735. The van der Waals surface area contributed by atoms with Gasteiger partial charge < -0.3 is 10.4 Å². The van der Waals surface area contributed by atoms with E-state index >= 15 is 0 Å². The third kappa shape index (κ3) is 1.67. The van der Waals surface area contributed by atoms with Crippen LogP contribution in [0.2, 0.25) is 0 Å². The van der Waals surface area contributed by atoms with Crippen molar-refractivity contribution >= 4 is 5.97 Å². The van der Waals surface area contributed by atoms with E-state index in [9.17, 15) is 4.79 Å². The molecule has 2 heterocycles. The van der Waals surface area contributed by atoms with E-state index < -0.39 is 5.97 Å². The summed E-state index contributed by atoms with van der Waals surface area (Å²) in [5, 5.41) is 17.9. The summed E-state index contributed by atoms with van der Waals surface area (Å²) in [7, 11) is 0. The summed E-state index contributed by atoms with van der Waals surface area (Å²) < 4.78 is 0. The van der Waals surface area contributed by atoms with Crippen LogP contribution in [0.5, 0.6) is 0 Å². The van der Waals surface area contributed by atoms with Gasteiger partial charge in [-0.3, -0.25) is 5.10 Å². The lowest BCUT2D eigenvalue weighted by molar-refractivity contribution is 0.0684. The monoisotopic (exact) mass is 182 g/mol. The highest BCUT2D eigenvalue weighted by Crippen LogP contribution is 2.08. The van der Waals surface area contributed by atoms with E-state index in [2.05, 4.69) is 20.5 Å². The van der Waals surface area contributed by atoms with E-state index in [1.54, 1.807) is 0 Å². The van der Waals surface area contributed by atoms with E-state index in [1.165, 1.54) is 0 Å². The van der Waals surface area contributed by atoms with Crippen LogP contribution < -0.4 is 5.32 Å². The molecule has 1 aliphatic heterocycles. The van der Waals surface area contributed by atoms with Gasteiger partial charge in [0.25, 0.3) is 5.82 Å². The van der Waals surface area contributed by atoms with Crippen molar-refractivity contribution in [2.45, 2.75) is 6.42 Å². The lowest BCUT2D eigenvalue weighted by atomic mass is 9.99. The van der Waals surface area contributed by atoms with Crippen LogP contribution in [-0.2, 0) is 6.42 Å². The first-order chi connectivity index (χ1) is 6.25. The van der Waals surface area contributed by atoms with E-state index in [0.717, 1.165) is 19.5 Å². The van der Waals surface area contributed by atoms with Gasteiger partial charge in [-0.1, -0.05) is 0 Å². The summed E-state index contributed by atoms with van der Waals surface area (Å²) in [5.74, 6) is -0.0185. The molecule has 0 atom stereocenters. The van der Waals surface area contributed by atoms with Crippen molar-refractivity contribution in [3.8, 4) is 0 Å². The summed E-state index contributed by atoms with van der Waals surface area (Å²) in [6.07, 6.45) is 0.771. The average molecular weight is 182 g/mol. The SMILES string of the molecule is O=C(O)c1n[nH]c(CC2CNC2)n1. The van der Waals surface area contributed by atoms with Crippen LogP contribution >= 0.6 is 0 Å². The van der Waals surface area contributed by atoms with Gasteiger partial charge in [-0.25, -0.2) is 9.78 Å². The number of aromatic amines is 1. The minimum Gasteiger partial charge on any atom is -0.475 e. The molecule has 0 aromatic carbocycles. The Morgan fingerprint density at radius 2 is 2.38 bits per heavy atom. The molecule has 0 bridgehead atoms. The number of nitrogens with zero attached hydrogens (tertiary/aromatic N) is 2. The van der Waals surface area contributed by atoms with Crippen LogP contribution in [-0.4, -0.2) is 39.3 Å². The Bertz CT molecular complexity index is 318. The van der Waals surface area contributed by atoms with Crippen molar-refractivity contribution in [3.05, 3.63) is 11.6 Å². The molecule has 1 aromatic rings. The van der Waals surface area contributed by atoms with Crippen molar-refractivity contribution in [3.63, 3.8) is 0 Å². The van der Waals surface area contributed by atoms with Crippen molar-refractivity contribution in [1.82, 2.24) is 20.5 Å². The first-order valence-corrected chi connectivity index (χ1v) is 4.11. The Hall–Kier alpha value is -1.43. The average Bonchev–Trinajstić information content (AvgIpc) is 2.44. The summed E-state index contributed by atoms with van der Waals surface area (Å²) in [4.78, 5) is 14.3. The molecule has 0 unspecified atom stereocenters. The first-order valence-electron chi connectivity index (χ1n) is 4.11. The van der Waals surface area contributed by atoms with E-state index in [4.69, 9.17) is 5.11 Å². The van der Waals surface area contributed by atoms with Crippen molar-refractivity contribution < 1.29 is 9.90 Å². The number of hydrogen-bond donors (Lipinski definition) is 3. The molecule has 0 amide bonds. The third-order valence-electron chi connectivity index (χ3n) is 2.07. The molecule has 0 spiro atoms. The van der Waals surface area contributed by atoms with Crippen LogP contribution in [0.1, 0.15) is 16.4 Å². The van der Waals surface area contributed by atoms with E-state index in [0.29, 0.717) is 11.7 Å². The molecule has 0 aliphatic carbocycles. The maximum atomic E-state index is 10.4. The van der Waals surface area contributed by atoms with Crippen LogP contribution in [0, 0.1) is 5.92 Å². The lowest BCUT2D eigenvalue weighted by Gasteiger charge is -2.25. The molecule has 2 rings (SSSR count). The second-order valence-corrected chi connectivity index (χ2v) is 3.14. The number of nitrogens with one attached hydrogen (secondary N) is 2. The van der Waals surface area contributed by atoms with Gasteiger partial charge in [-0.15, -0.1) is 5.10 Å². The number of carboxylic acids is 1. The zero-order chi connectivity index (χ0) is 9.26. The molecule has 6 nitrogen and oxygen atoms in total. The van der Waals surface area contributed by atoms with Gasteiger partial charge >= 0.3 is 5.97 Å². The van der Waals surface area contributed by atoms with Gasteiger partial charge in [-0.05, 0) is 19.0 Å². The molecule has 3 N–H and O–H groups in total. The van der Waals surface area contributed by atoms with Crippen LogP contribution in [0.3, 0.4) is 0 Å². The van der Waals surface area contributed by atoms with Crippen LogP contribution in [0.4, 0.5) is 0 Å². The molecule has 1 aromatic heterocycles. The number of aromatic carboxylic acids is 1. The van der Waals surface area contributed by atoms with E-state index in [-0.39, 0.29) is 5.82 Å². The number of carboxylic acid groups (broad SMARTS) is 1. The number of rotatable bonds is 3. The Labute approximate surface area is 74.4 Å². The molecule has 1 aliphatic rings. The highest BCUT2D eigenvalue weighted by atomic mass is 16.4. The quantitative estimate of drug-likeness (QED) is 0.573. The maximum Gasteiger partial charge on any atom is 0.375 e. The Morgan fingerprint density at radius 1 is 1.62 bits per heavy atom. The molecular formula is C7H10N4O2. The molecule has 1 saturated heterocycles. The van der Waals surface area contributed by atoms with Crippen molar-refractivity contribution in [2.75, 3.05) is 13.1 Å². The standard InChI is InChI=1S/C7H10N4O2/c12-7(13)6-9-5(10-11-6)1-4-2-8-3-4/h4,8H,1-3H2,(H,12,13)(H,9,10,11). The minimum atomic E-state index is -1.09. The van der Waals surface area contributed by atoms with Crippen LogP contribution in [0.15, 0.2) is 0 Å². The Kier molecular flexibility index (Phi) is 1.97. The fraction of sp³-hybridized carbons (Fsp3) is 0.571. The molecule has 0 saturated carbocycles. The predicted molar refractivity (Wildman–Crippen MR) is 43.4 cm³/mol. The second-order valence-electron chi connectivity index (χ2n) is 3.14. The molecule has 13 heavy (non-hydrogen) atoms. The molecular weight excluding hydrogens is 172 g/mol.